The first-order chi connectivity index (χ1) is 7.15. The van der Waals surface area contributed by atoms with Gasteiger partial charge in [0.05, 0.1) is 5.41 Å². The van der Waals surface area contributed by atoms with Crippen LogP contribution >= 0.6 is 11.6 Å². The highest BCUT2D eigenvalue weighted by atomic mass is 35.5. The Kier molecular flexibility index (Phi) is 3.33. The molecule has 1 aromatic carbocycles. The van der Waals surface area contributed by atoms with E-state index in [0.29, 0.717) is 10.6 Å². The van der Waals surface area contributed by atoms with Gasteiger partial charge in [-0.15, -0.1) is 0 Å². The van der Waals surface area contributed by atoms with Gasteiger partial charge in [-0.2, -0.15) is 13.2 Å². The number of carbonyl (C=O) groups is 1. The molecule has 0 saturated carbocycles. The number of Topliss-reactive ketones (excluding diaryl/α,β-unsaturated/α-hetero) is 1. The molecule has 5 heteroatoms. The fourth-order valence-electron chi connectivity index (χ4n) is 1.35. The van der Waals surface area contributed by atoms with Gasteiger partial charge in [-0.25, -0.2) is 0 Å². The molecule has 1 rings (SSSR count). The largest absolute Gasteiger partial charge is 0.450 e. The molecule has 0 radical (unpaired) electrons. The van der Waals surface area contributed by atoms with Crippen LogP contribution in [0.4, 0.5) is 13.2 Å². The maximum absolute atomic E-state index is 12.3. The van der Waals surface area contributed by atoms with Crippen molar-refractivity contribution in [1.82, 2.24) is 0 Å². The van der Waals surface area contributed by atoms with Crippen LogP contribution in [0.2, 0.25) is 5.02 Å². The molecule has 0 fully saturated rings. The van der Waals surface area contributed by atoms with Crippen molar-refractivity contribution >= 4 is 17.4 Å². The minimum absolute atomic E-state index is 0.291. The van der Waals surface area contributed by atoms with E-state index in [-0.39, 0.29) is 0 Å². The lowest BCUT2D eigenvalue weighted by molar-refractivity contribution is -0.176. The fourth-order valence-corrected chi connectivity index (χ4v) is 1.48. The van der Waals surface area contributed by atoms with Gasteiger partial charge in [0, 0.05) is 5.02 Å². The second kappa shape index (κ2) is 4.09. The summed E-state index contributed by atoms with van der Waals surface area (Å²) in [4.78, 5) is 11.2. The average Bonchev–Trinajstić information content (AvgIpc) is 2.16. The van der Waals surface area contributed by atoms with Crippen molar-refractivity contribution in [2.45, 2.75) is 25.4 Å². The van der Waals surface area contributed by atoms with Crippen LogP contribution < -0.4 is 0 Å². The highest BCUT2D eigenvalue weighted by Gasteiger charge is 2.48. The molecule has 0 amide bonds. The summed E-state index contributed by atoms with van der Waals surface area (Å²) in [5, 5.41) is 0.416. The Bertz CT molecular complexity index is 393. The molecule has 0 aliphatic carbocycles. The van der Waals surface area contributed by atoms with Crippen LogP contribution in [0, 0.1) is 0 Å². The zero-order valence-corrected chi connectivity index (χ0v) is 9.49. The predicted molar refractivity (Wildman–Crippen MR) is 55.5 cm³/mol. The molecule has 1 nitrogen and oxygen atoms in total. The van der Waals surface area contributed by atoms with Crippen LogP contribution in [0.5, 0.6) is 0 Å². The van der Waals surface area contributed by atoms with Crippen molar-refractivity contribution in [1.29, 1.82) is 0 Å². The summed E-state index contributed by atoms with van der Waals surface area (Å²) in [5.41, 5.74) is -1.30. The molecule has 0 bridgehead atoms. The van der Waals surface area contributed by atoms with Crippen molar-refractivity contribution in [2.75, 3.05) is 0 Å². The van der Waals surface area contributed by atoms with Crippen LogP contribution in [0.1, 0.15) is 19.4 Å². The van der Waals surface area contributed by atoms with Gasteiger partial charge in [0.15, 0.2) is 0 Å². The number of hydrogen-bond donors (Lipinski definition) is 0. The molecule has 16 heavy (non-hydrogen) atoms. The topological polar surface area (TPSA) is 17.1 Å². The molecule has 0 N–H and O–H groups in total. The molecule has 1 aromatic rings. The average molecular weight is 251 g/mol. The van der Waals surface area contributed by atoms with Gasteiger partial charge in [-0.05, 0) is 31.5 Å². The maximum atomic E-state index is 12.3. The Morgan fingerprint density at radius 1 is 1.12 bits per heavy atom. The maximum Gasteiger partial charge on any atom is 0.450 e. The van der Waals surface area contributed by atoms with E-state index >= 15 is 0 Å². The number of benzene rings is 1. The van der Waals surface area contributed by atoms with E-state index in [2.05, 4.69) is 0 Å². The van der Waals surface area contributed by atoms with E-state index in [1.807, 2.05) is 0 Å². The molecule has 88 valence electrons. The molecular weight excluding hydrogens is 241 g/mol. The van der Waals surface area contributed by atoms with E-state index in [9.17, 15) is 18.0 Å². The van der Waals surface area contributed by atoms with Gasteiger partial charge in [0.2, 0.25) is 5.78 Å². The third-order valence-electron chi connectivity index (χ3n) is 2.39. The van der Waals surface area contributed by atoms with Gasteiger partial charge in [0.1, 0.15) is 0 Å². The lowest BCUT2D eigenvalue weighted by Gasteiger charge is -2.24. The lowest BCUT2D eigenvalue weighted by atomic mass is 9.80. The summed E-state index contributed by atoms with van der Waals surface area (Å²) in [6, 6.07) is 5.77. The van der Waals surface area contributed by atoms with Gasteiger partial charge in [-0.3, -0.25) is 4.79 Å². The predicted octanol–water partition coefficient (Wildman–Crippen LogP) is 3.75. The molecular formula is C11H10ClF3O. The van der Waals surface area contributed by atoms with Crippen molar-refractivity contribution < 1.29 is 18.0 Å². The molecule has 0 atom stereocenters. The van der Waals surface area contributed by atoms with E-state index in [1.165, 1.54) is 38.1 Å². The van der Waals surface area contributed by atoms with Gasteiger partial charge < -0.3 is 0 Å². The molecule has 0 aromatic heterocycles. The summed E-state index contributed by atoms with van der Waals surface area (Å²) in [5.74, 6) is -1.76. The van der Waals surface area contributed by atoms with E-state index < -0.39 is 17.4 Å². The summed E-state index contributed by atoms with van der Waals surface area (Å²) in [6.45, 7) is 2.48. The van der Waals surface area contributed by atoms with Crippen LogP contribution in [0.15, 0.2) is 24.3 Å². The monoisotopic (exact) mass is 250 g/mol. The number of alkyl halides is 3. The number of rotatable bonds is 2. The highest BCUT2D eigenvalue weighted by Crippen LogP contribution is 2.33. The summed E-state index contributed by atoms with van der Waals surface area (Å²) in [7, 11) is 0. The Morgan fingerprint density at radius 3 is 1.94 bits per heavy atom. The van der Waals surface area contributed by atoms with E-state index in [0.717, 1.165) is 0 Å². The van der Waals surface area contributed by atoms with Gasteiger partial charge >= 0.3 is 6.18 Å². The second-order valence-electron chi connectivity index (χ2n) is 3.96. The van der Waals surface area contributed by atoms with Gasteiger partial charge in [-0.1, -0.05) is 23.7 Å². The summed E-state index contributed by atoms with van der Waals surface area (Å²) in [6.07, 6.45) is -4.83. The molecule has 0 saturated heterocycles. The summed E-state index contributed by atoms with van der Waals surface area (Å²) < 4.78 is 37.0. The zero-order chi connectivity index (χ0) is 12.6. The van der Waals surface area contributed by atoms with E-state index in [4.69, 9.17) is 11.6 Å². The standard InChI is InChI=1S/C11H10ClF3O/c1-10(2,9(16)11(13,14)15)7-3-5-8(12)6-4-7/h3-6H,1-2H3. The first kappa shape index (κ1) is 13.0. The minimum atomic E-state index is -4.83. The van der Waals surface area contributed by atoms with Crippen molar-refractivity contribution in [3.05, 3.63) is 34.9 Å². The number of halogens is 4. The smallest absolute Gasteiger partial charge is 0.289 e. The zero-order valence-electron chi connectivity index (χ0n) is 8.73. The first-order valence-corrected chi connectivity index (χ1v) is 4.91. The van der Waals surface area contributed by atoms with Crippen molar-refractivity contribution in [2.24, 2.45) is 0 Å². The third-order valence-corrected chi connectivity index (χ3v) is 2.64. The Labute approximate surface area is 96.2 Å². The van der Waals surface area contributed by atoms with Crippen molar-refractivity contribution in [3.63, 3.8) is 0 Å². The number of carbonyl (C=O) groups excluding carboxylic acids is 1. The Hall–Kier alpha value is -1.03. The lowest BCUT2D eigenvalue weighted by Crippen LogP contribution is -2.39. The van der Waals surface area contributed by atoms with E-state index in [1.54, 1.807) is 0 Å². The third kappa shape index (κ3) is 2.55. The minimum Gasteiger partial charge on any atom is -0.289 e. The Morgan fingerprint density at radius 2 is 1.56 bits per heavy atom. The fraction of sp³-hybridized carbons (Fsp3) is 0.364. The molecule has 0 aliphatic heterocycles. The quantitative estimate of drug-likeness (QED) is 0.781. The van der Waals surface area contributed by atoms with Crippen LogP contribution in [-0.2, 0) is 10.2 Å². The highest BCUT2D eigenvalue weighted by molar-refractivity contribution is 6.30. The van der Waals surface area contributed by atoms with Crippen molar-refractivity contribution in [3.8, 4) is 0 Å². The van der Waals surface area contributed by atoms with Crippen LogP contribution in [0.3, 0.4) is 0 Å². The second-order valence-corrected chi connectivity index (χ2v) is 4.40. The summed E-state index contributed by atoms with van der Waals surface area (Å²) >= 11 is 5.62. The van der Waals surface area contributed by atoms with Crippen LogP contribution in [0.25, 0.3) is 0 Å². The normalized spacial score (nSPS) is 12.6. The molecule has 0 spiro atoms. The van der Waals surface area contributed by atoms with Gasteiger partial charge in [0.25, 0.3) is 0 Å². The SMILES string of the molecule is CC(C)(C(=O)C(F)(F)F)c1ccc(Cl)cc1. The molecule has 0 heterocycles. The molecule has 0 aliphatic rings. The Balaban J connectivity index is 3.11. The number of hydrogen-bond acceptors (Lipinski definition) is 1. The molecule has 0 unspecified atom stereocenters. The first-order valence-electron chi connectivity index (χ1n) is 4.53. The number of ketones is 1. The van der Waals surface area contributed by atoms with Crippen LogP contribution in [-0.4, -0.2) is 12.0 Å².